The Morgan fingerprint density at radius 2 is 1.95 bits per heavy atom. The molecule has 0 radical (unpaired) electrons. The molecule has 0 aliphatic heterocycles. The second-order valence-electron chi connectivity index (χ2n) is 4.32. The molecule has 0 bridgehead atoms. The van der Waals surface area contributed by atoms with E-state index in [2.05, 4.69) is 31.3 Å². The normalized spacial score (nSPS) is 12.6. The zero-order valence-corrected chi connectivity index (χ0v) is 13.4. The van der Waals surface area contributed by atoms with Crippen LogP contribution < -0.4 is 5.32 Å². The van der Waals surface area contributed by atoms with Gasteiger partial charge >= 0.3 is 0 Å². The van der Waals surface area contributed by atoms with Gasteiger partial charge in [-0.1, -0.05) is 49.2 Å². The number of thiophene rings is 1. The van der Waals surface area contributed by atoms with Crippen molar-refractivity contribution >= 4 is 34.5 Å². The van der Waals surface area contributed by atoms with Gasteiger partial charge in [0.2, 0.25) is 0 Å². The van der Waals surface area contributed by atoms with Gasteiger partial charge in [0.05, 0.1) is 10.0 Å². The fraction of sp³-hybridized carbons (Fsp3) is 0.333. The van der Waals surface area contributed by atoms with Gasteiger partial charge in [0, 0.05) is 21.4 Å². The molecule has 1 unspecified atom stereocenters. The van der Waals surface area contributed by atoms with Gasteiger partial charge < -0.3 is 5.32 Å². The molecular weight excluding hydrogens is 297 g/mol. The van der Waals surface area contributed by atoms with Crippen molar-refractivity contribution in [3.8, 4) is 10.4 Å². The molecule has 0 amide bonds. The van der Waals surface area contributed by atoms with Gasteiger partial charge in [-0.2, -0.15) is 0 Å². The van der Waals surface area contributed by atoms with E-state index >= 15 is 0 Å². The number of nitrogens with one attached hydrogen (secondary N) is 1. The third-order valence-corrected chi connectivity index (χ3v) is 5.10. The third-order valence-electron chi connectivity index (χ3n) is 3.05. The fourth-order valence-corrected chi connectivity index (χ4v) is 3.73. The molecule has 0 aliphatic carbocycles. The highest BCUT2D eigenvalue weighted by molar-refractivity contribution is 7.15. The summed E-state index contributed by atoms with van der Waals surface area (Å²) in [6.07, 6.45) is 1.08. The van der Waals surface area contributed by atoms with Crippen molar-refractivity contribution in [2.75, 3.05) is 6.54 Å². The van der Waals surface area contributed by atoms with Crippen LogP contribution in [-0.2, 0) is 0 Å². The van der Waals surface area contributed by atoms with Gasteiger partial charge in [0.1, 0.15) is 0 Å². The van der Waals surface area contributed by atoms with Crippen LogP contribution in [0.15, 0.2) is 30.3 Å². The summed E-state index contributed by atoms with van der Waals surface area (Å²) in [7, 11) is 0. The number of halogens is 2. The Labute approximate surface area is 128 Å². The third kappa shape index (κ3) is 3.32. The minimum atomic E-state index is 0.418. The molecule has 1 aromatic heterocycles. The van der Waals surface area contributed by atoms with Crippen molar-refractivity contribution in [3.05, 3.63) is 45.3 Å². The van der Waals surface area contributed by atoms with Crippen molar-refractivity contribution in [2.24, 2.45) is 0 Å². The lowest BCUT2D eigenvalue weighted by atomic mass is 10.1. The largest absolute Gasteiger partial charge is 0.310 e. The Morgan fingerprint density at radius 1 is 1.16 bits per heavy atom. The Hall–Kier alpha value is -0.540. The molecule has 0 spiro atoms. The molecule has 0 fully saturated rings. The minimum Gasteiger partial charge on any atom is -0.310 e. The first-order valence-electron chi connectivity index (χ1n) is 6.44. The average Bonchev–Trinajstić information content (AvgIpc) is 2.88. The highest BCUT2D eigenvalue weighted by Gasteiger charge is 2.13. The first kappa shape index (κ1) is 14.9. The van der Waals surface area contributed by atoms with E-state index in [0.717, 1.165) is 18.5 Å². The quantitative estimate of drug-likeness (QED) is 0.737. The fourth-order valence-electron chi connectivity index (χ4n) is 2.07. The maximum absolute atomic E-state index is 6.27. The van der Waals surface area contributed by atoms with Crippen molar-refractivity contribution in [2.45, 2.75) is 26.3 Å². The second kappa shape index (κ2) is 6.76. The van der Waals surface area contributed by atoms with Gasteiger partial charge in [-0.15, -0.1) is 11.3 Å². The van der Waals surface area contributed by atoms with Crippen LogP contribution in [0.1, 0.15) is 31.2 Å². The molecule has 1 aromatic carbocycles. The van der Waals surface area contributed by atoms with E-state index in [0.29, 0.717) is 16.1 Å². The van der Waals surface area contributed by atoms with Gasteiger partial charge in [-0.3, -0.25) is 0 Å². The number of hydrogen-bond acceptors (Lipinski definition) is 2. The van der Waals surface area contributed by atoms with Gasteiger partial charge in [0.15, 0.2) is 0 Å². The van der Waals surface area contributed by atoms with E-state index in [1.54, 1.807) is 11.3 Å². The van der Waals surface area contributed by atoms with E-state index < -0.39 is 0 Å². The molecule has 0 saturated carbocycles. The van der Waals surface area contributed by atoms with Crippen LogP contribution in [0.2, 0.25) is 10.0 Å². The summed E-state index contributed by atoms with van der Waals surface area (Å²) in [5.41, 5.74) is 1.01. The second-order valence-corrected chi connectivity index (χ2v) is 6.22. The topological polar surface area (TPSA) is 12.0 Å². The van der Waals surface area contributed by atoms with Gasteiger partial charge in [0.25, 0.3) is 0 Å². The lowest BCUT2D eigenvalue weighted by molar-refractivity contribution is 0.545. The smallest absolute Gasteiger partial charge is 0.0678 e. The number of benzene rings is 1. The zero-order chi connectivity index (χ0) is 13.8. The van der Waals surface area contributed by atoms with Crippen LogP contribution in [0.4, 0.5) is 0 Å². The summed E-state index contributed by atoms with van der Waals surface area (Å²) in [6, 6.07) is 10.5. The molecule has 1 nitrogen and oxygen atoms in total. The van der Waals surface area contributed by atoms with E-state index in [1.807, 2.05) is 18.2 Å². The van der Waals surface area contributed by atoms with Crippen molar-refractivity contribution in [1.29, 1.82) is 0 Å². The molecule has 19 heavy (non-hydrogen) atoms. The van der Waals surface area contributed by atoms with E-state index in [4.69, 9.17) is 23.2 Å². The lowest BCUT2D eigenvalue weighted by Gasteiger charge is -2.13. The molecule has 1 N–H and O–H groups in total. The summed E-state index contributed by atoms with van der Waals surface area (Å²) >= 11 is 14.1. The van der Waals surface area contributed by atoms with Gasteiger partial charge in [-0.25, -0.2) is 0 Å². The summed E-state index contributed by atoms with van der Waals surface area (Å²) in [6.45, 7) is 5.30. The zero-order valence-electron chi connectivity index (χ0n) is 11.0. The van der Waals surface area contributed by atoms with E-state index in [-0.39, 0.29) is 0 Å². The van der Waals surface area contributed by atoms with E-state index in [9.17, 15) is 0 Å². The van der Waals surface area contributed by atoms with Crippen molar-refractivity contribution in [1.82, 2.24) is 5.32 Å². The van der Waals surface area contributed by atoms with Crippen LogP contribution in [0.3, 0.4) is 0 Å². The first-order chi connectivity index (χ1) is 9.17. The SMILES string of the molecule is CCNC(CC)c1ccc(-c2cccc(Cl)c2Cl)s1. The van der Waals surface area contributed by atoms with Gasteiger partial charge in [-0.05, 0) is 31.2 Å². The molecule has 0 saturated heterocycles. The average molecular weight is 314 g/mol. The molecule has 1 atom stereocenters. The summed E-state index contributed by atoms with van der Waals surface area (Å²) in [5.74, 6) is 0. The molecule has 1 heterocycles. The monoisotopic (exact) mass is 313 g/mol. The van der Waals surface area contributed by atoms with Crippen LogP contribution in [0.25, 0.3) is 10.4 Å². The molecule has 102 valence electrons. The van der Waals surface area contributed by atoms with Crippen molar-refractivity contribution in [3.63, 3.8) is 0 Å². The molecular formula is C15H17Cl2NS. The Morgan fingerprint density at radius 3 is 2.63 bits per heavy atom. The highest BCUT2D eigenvalue weighted by atomic mass is 35.5. The lowest BCUT2D eigenvalue weighted by Crippen LogP contribution is -2.18. The Kier molecular flexibility index (Phi) is 5.28. The molecule has 2 rings (SSSR count). The Bertz CT molecular complexity index is 551. The summed E-state index contributed by atoms with van der Waals surface area (Å²) in [4.78, 5) is 2.51. The Balaban J connectivity index is 2.32. The molecule has 4 heteroatoms. The van der Waals surface area contributed by atoms with Crippen LogP contribution in [-0.4, -0.2) is 6.54 Å². The minimum absolute atomic E-state index is 0.418. The summed E-state index contributed by atoms with van der Waals surface area (Å²) in [5, 5.41) is 4.73. The predicted octanol–water partition coefficient (Wildman–Crippen LogP) is 5.78. The van der Waals surface area contributed by atoms with Crippen LogP contribution in [0.5, 0.6) is 0 Å². The maximum atomic E-state index is 6.27. The molecule has 0 aliphatic rings. The number of hydrogen-bond donors (Lipinski definition) is 1. The van der Waals surface area contributed by atoms with Crippen LogP contribution >= 0.6 is 34.5 Å². The molecule has 2 aromatic rings. The predicted molar refractivity (Wildman–Crippen MR) is 86.5 cm³/mol. The first-order valence-corrected chi connectivity index (χ1v) is 8.02. The van der Waals surface area contributed by atoms with Crippen LogP contribution in [0, 0.1) is 0 Å². The van der Waals surface area contributed by atoms with Crippen molar-refractivity contribution < 1.29 is 0 Å². The standard InChI is InChI=1S/C15H17Cl2NS/c1-3-12(18-4-2)14-9-8-13(19-14)10-6-5-7-11(16)15(10)17/h5-9,12,18H,3-4H2,1-2H3. The van der Waals surface area contributed by atoms with E-state index in [1.165, 1.54) is 9.75 Å². The number of rotatable bonds is 5. The summed E-state index contributed by atoms with van der Waals surface area (Å²) < 4.78 is 0. The maximum Gasteiger partial charge on any atom is 0.0678 e. The highest BCUT2D eigenvalue weighted by Crippen LogP contribution is 2.38.